The molecule has 0 rings (SSSR count). The Morgan fingerprint density at radius 2 is 1.33 bits per heavy atom. The second kappa shape index (κ2) is 14.4. The smallest absolute Gasteiger partial charge is 0.466 e. The molecule has 24 heavy (non-hydrogen) atoms. The topological polar surface area (TPSA) is 129 Å². The van der Waals surface area contributed by atoms with Crippen molar-refractivity contribution >= 4 is 19.8 Å². The zero-order chi connectivity index (χ0) is 18.3. The van der Waals surface area contributed by atoms with Gasteiger partial charge in [-0.05, 0) is 32.1 Å². The van der Waals surface area contributed by atoms with E-state index in [1.54, 1.807) is 0 Å². The maximum Gasteiger partial charge on any atom is 0.469 e. The molecule has 10 heteroatoms. The number of unbranched alkanes of at least 4 members (excludes halogenated alkanes) is 3. The molecule has 0 spiro atoms. The average molecular weight is 370 g/mol. The van der Waals surface area contributed by atoms with Crippen molar-refractivity contribution in [3.05, 3.63) is 0 Å². The van der Waals surface area contributed by atoms with Gasteiger partial charge in [0.25, 0.3) is 0 Å². The number of rotatable bonds is 15. The molecule has 0 aromatic rings. The minimum atomic E-state index is -4.43. The fraction of sp³-hybridized carbons (Fsp3) is 0.857. The Hall–Kier alpha value is -0.990. The van der Waals surface area contributed by atoms with Crippen LogP contribution in [0.1, 0.15) is 44.9 Å². The molecular weight excluding hydrogens is 343 g/mol. The van der Waals surface area contributed by atoms with Gasteiger partial charge in [-0.25, -0.2) is 4.57 Å². The maximum atomic E-state index is 11.4. The molecule has 142 valence electrons. The number of esters is 2. The Bertz CT molecular complexity index is 394. The number of hydrogen-bond acceptors (Lipinski definition) is 7. The van der Waals surface area contributed by atoms with Gasteiger partial charge in [-0.1, -0.05) is 0 Å². The average Bonchev–Trinajstić information content (AvgIpc) is 2.49. The van der Waals surface area contributed by atoms with Crippen LogP contribution in [0.25, 0.3) is 0 Å². The van der Waals surface area contributed by atoms with Crippen LogP contribution in [0.15, 0.2) is 0 Å². The zero-order valence-corrected chi connectivity index (χ0v) is 14.9. The molecule has 0 fully saturated rings. The number of phosphoric ester groups is 1. The molecule has 0 aromatic heterocycles. The summed E-state index contributed by atoms with van der Waals surface area (Å²) in [4.78, 5) is 39.6. The molecule has 0 saturated heterocycles. The van der Waals surface area contributed by atoms with Crippen LogP contribution in [0, 0.1) is 0 Å². The zero-order valence-electron chi connectivity index (χ0n) is 14.0. The highest BCUT2D eigenvalue weighted by atomic mass is 31.2. The number of carbonyl (C=O) groups excluding carboxylic acids is 2. The van der Waals surface area contributed by atoms with Gasteiger partial charge in [-0.15, -0.1) is 0 Å². The van der Waals surface area contributed by atoms with Crippen LogP contribution in [0.2, 0.25) is 0 Å². The molecule has 0 aliphatic rings. The lowest BCUT2D eigenvalue weighted by atomic mass is 10.2. The summed E-state index contributed by atoms with van der Waals surface area (Å²) in [6.45, 7) is 0.827. The van der Waals surface area contributed by atoms with Gasteiger partial charge < -0.3 is 24.0 Å². The third-order valence-corrected chi connectivity index (χ3v) is 3.39. The highest BCUT2D eigenvalue weighted by Crippen LogP contribution is 2.35. The first-order valence-corrected chi connectivity index (χ1v) is 9.38. The van der Waals surface area contributed by atoms with Crippen molar-refractivity contribution in [1.82, 2.24) is 0 Å². The summed E-state index contributed by atoms with van der Waals surface area (Å²) in [6.07, 6.45) is 3.40. The summed E-state index contributed by atoms with van der Waals surface area (Å²) >= 11 is 0. The molecule has 0 aromatic carbocycles. The Kier molecular flexibility index (Phi) is 13.8. The first kappa shape index (κ1) is 23.0. The van der Waals surface area contributed by atoms with Gasteiger partial charge in [0.2, 0.25) is 0 Å². The van der Waals surface area contributed by atoms with Crippen LogP contribution in [0.4, 0.5) is 0 Å². The monoisotopic (exact) mass is 370 g/mol. The van der Waals surface area contributed by atoms with E-state index in [9.17, 15) is 14.2 Å². The minimum absolute atomic E-state index is 0.0992. The molecule has 0 aliphatic heterocycles. The van der Waals surface area contributed by atoms with Crippen molar-refractivity contribution in [3.63, 3.8) is 0 Å². The fourth-order valence-corrected chi connectivity index (χ4v) is 2.04. The molecule has 9 nitrogen and oxygen atoms in total. The molecule has 0 radical (unpaired) electrons. The van der Waals surface area contributed by atoms with Gasteiger partial charge >= 0.3 is 19.8 Å². The highest BCUT2D eigenvalue weighted by Gasteiger charge is 2.12. The van der Waals surface area contributed by atoms with Crippen LogP contribution >= 0.6 is 7.82 Å². The lowest BCUT2D eigenvalue weighted by molar-refractivity contribution is -0.146. The third kappa shape index (κ3) is 17.4. The van der Waals surface area contributed by atoms with Crippen LogP contribution in [0.3, 0.4) is 0 Å². The van der Waals surface area contributed by atoms with Gasteiger partial charge in [0.05, 0.1) is 19.8 Å². The predicted octanol–water partition coefficient (Wildman–Crippen LogP) is 1.56. The molecule has 0 saturated carbocycles. The van der Waals surface area contributed by atoms with E-state index in [-0.39, 0.29) is 38.2 Å². The second-order valence-corrected chi connectivity index (χ2v) is 6.26. The summed E-state index contributed by atoms with van der Waals surface area (Å²) in [5, 5.41) is 0. The Morgan fingerprint density at radius 1 is 0.792 bits per heavy atom. The molecule has 0 bridgehead atoms. The van der Waals surface area contributed by atoms with Gasteiger partial charge in [-0.3, -0.25) is 14.1 Å². The lowest BCUT2D eigenvalue weighted by Crippen LogP contribution is -2.09. The molecular formula is C14H27O9P. The van der Waals surface area contributed by atoms with Crippen molar-refractivity contribution < 1.29 is 42.7 Å². The predicted molar refractivity (Wildman–Crippen MR) is 84.1 cm³/mol. The summed E-state index contributed by atoms with van der Waals surface area (Å²) in [7, 11) is -2.90. The van der Waals surface area contributed by atoms with E-state index in [1.807, 2.05) is 0 Å². The van der Waals surface area contributed by atoms with Crippen molar-refractivity contribution in [2.75, 3.05) is 33.5 Å². The molecule has 0 atom stereocenters. The van der Waals surface area contributed by atoms with Crippen molar-refractivity contribution in [1.29, 1.82) is 0 Å². The quantitative estimate of drug-likeness (QED) is 0.251. The number of ether oxygens (including phenoxy) is 3. The van der Waals surface area contributed by atoms with Crippen molar-refractivity contribution in [3.8, 4) is 0 Å². The summed E-state index contributed by atoms with van der Waals surface area (Å²) in [6, 6.07) is 0. The summed E-state index contributed by atoms with van der Waals surface area (Å²) in [5.74, 6) is -0.619. The van der Waals surface area contributed by atoms with E-state index in [0.29, 0.717) is 38.7 Å². The molecule has 0 heterocycles. The third-order valence-electron chi connectivity index (χ3n) is 2.87. The van der Waals surface area contributed by atoms with Gasteiger partial charge in [0.1, 0.15) is 6.61 Å². The summed E-state index contributed by atoms with van der Waals surface area (Å²) < 4.78 is 29.3. The molecule has 0 amide bonds. The van der Waals surface area contributed by atoms with Gasteiger partial charge in [0, 0.05) is 20.0 Å². The van der Waals surface area contributed by atoms with Crippen LogP contribution in [0.5, 0.6) is 0 Å². The number of methoxy groups -OCH3 is 1. The molecule has 0 unspecified atom stereocenters. The number of phosphoric acid groups is 1. The highest BCUT2D eigenvalue weighted by molar-refractivity contribution is 7.46. The van der Waals surface area contributed by atoms with Crippen LogP contribution in [-0.2, 0) is 32.9 Å². The van der Waals surface area contributed by atoms with Crippen LogP contribution in [-0.4, -0.2) is 55.3 Å². The second-order valence-electron chi connectivity index (χ2n) is 5.03. The van der Waals surface area contributed by atoms with E-state index < -0.39 is 7.82 Å². The SMILES string of the molecule is COCCOC(=O)CCCCCOC(=O)CCCCOP(=O)(O)O. The lowest BCUT2D eigenvalue weighted by Gasteiger charge is -2.06. The van der Waals surface area contributed by atoms with E-state index in [2.05, 4.69) is 4.52 Å². The van der Waals surface area contributed by atoms with E-state index in [4.69, 9.17) is 24.0 Å². The maximum absolute atomic E-state index is 11.4. The minimum Gasteiger partial charge on any atom is -0.466 e. The Labute approximate surface area is 141 Å². The Morgan fingerprint density at radius 3 is 1.92 bits per heavy atom. The van der Waals surface area contributed by atoms with Gasteiger partial charge in [-0.2, -0.15) is 0 Å². The first-order valence-electron chi connectivity index (χ1n) is 7.85. The van der Waals surface area contributed by atoms with E-state index >= 15 is 0 Å². The summed E-state index contributed by atoms with van der Waals surface area (Å²) in [5.41, 5.74) is 0. The van der Waals surface area contributed by atoms with E-state index in [0.717, 1.165) is 6.42 Å². The normalized spacial score (nSPS) is 11.3. The molecule has 0 aliphatic carbocycles. The first-order chi connectivity index (χ1) is 11.3. The van der Waals surface area contributed by atoms with Gasteiger partial charge in [0.15, 0.2) is 0 Å². The number of hydrogen-bond donors (Lipinski definition) is 2. The number of carbonyl (C=O) groups is 2. The fourth-order valence-electron chi connectivity index (χ4n) is 1.67. The largest absolute Gasteiger partial charge is 0.469 e. The van der Waals surface area contributed by atoms with Crippen molar-refractivity contribution in [2.45, 2.75) is 44.9 Å². The Balaban J connectivity index is 3.37. The standard InChI is InChI=1S/C14H27O9P/c1-20-11-12-22-14(16)7-3-2-5-9-21-13(15)8-4-6-10-23-24(17,18)19/h2-12H2,1H3,(H2,17,18,19). The van der Waals surface area contributed by atoms with Crippen molar-refractivity contribution in [2.24, 2.45) is 0 Å². The van der Waals surface area contributed by atoms with Crippen LogP contribution < -0.4 is 0 Å². The molecule has 2 N–H and O–H groups in total. The van der Waals surface area contributed by atoms with E-state index in [1.165, 1.54) is 7.11 Å².